The Kier molecular flexibility index (Phi) is 7.26. The molecule has 2 aliphatic rings. The highest BCUT2D eigenvalue weighted by atomic mass is 16.7. The fourth-order valence-electron chi connectivity index (χ4n) is 5.51. The monoisotopic (exact) mass is 368 g/mol. The first kappa shape index (κ1) is 21.4. The average Bonchev–Trinajstić information content (AvgIpc) is 2.97. The van der Waals surface area contributed by atoms with E-state index in [2.05, 4.69) is 13.8 Å². The lowest BCUT2D eigenvalue weighted by Crippen LogP contribution is -2.41. The van der Waals surface area contributed by atoms with E-state index < -0.39 is 5.60 Å². The number of carbonyl (C=O) groups is 2. The third-order valence-corrected chi connectivity index (χ3v) is 7.05. The van der Waals surface area contributed by atoms with Gasteiger partial charge >= 0.3 is 5.97 Å². The average molecular weight is 369 g/mol. The van der Waals surface area contributed by atoms with Crippen molar-refractivity contribution < 1.29 is 23.8 Å². The zero-order chi connectivity index (χ0) is 19.4. The molecular weight excluding hydrogens is 332 g/mol. The molecule has 0 saturated heterocycles. The van der Waals surface area contributed by atoms with E-state index in [1.54, 1.807) is 14.0 Å². The van der Waals surface area contributed by atoms with Gasteiger partial charge in [-0.25, -0.2) is 4.79 Å². The molecule has 2 rings (SSSR count). The summed E-state index contributed by atoms with van der Waals surface area (Å²) in [5.41, 5.74) is -0.791. The van der Waals surface area contributed by atoms with Gasteiger partial charge in [-0.2, -0.15) is 0 Å². The molecule has 2 aliphatic carbocycles. The predicted octanol–water partition coefficient (Wildman–Crippen LogP) is 4.13. The largest absolute Gasteiger partial charge is 0.467 e. The van der Waals surface area contributed by atoms with E-state index in [4.69, 9.17) is 14.2 Å². The van der Waals surface area contributed by atoms with Crippen molar-refractivity contribution in [3.05, 3.63) is 0 Å². The molecule has 0 N–H and O–H groups in total. The molecule has 150 valence electrons. The summed E-state index contributed by atoms with van der Waals surface area (Å²) < 4.78 is 15.5. The van der Waals surface area contributed by atoms with Crippen molar-refractivity contribution in [2.75, 3.05) is 21.0 Å². The minimum absolute atomic E-state index is 0.0750. The van der Waals surface area contributed by atoms with Crippen LogP contribution in [0.3, 0.4) is 0 Å². The lowest BCUT2D eigenvalue weighted by molar-refractivity contribution is -0.183. The molecule has 5 nitrogen and oxygen atoms in total. The van der Waals surface area contributed by atoms with Crippen LogP contribution in [0, 0.1) is 23.2 Å². The van der Waals surface area contributed by atoms with Crippen LogP contribution in [0.2, 0.25) is 0 Å². The van der Waals surface area contributed by atoms with Crippen molar-refractivity contribution in [3.8, 4) is 0 Å². The fourth-order valence-corrected chi connectivity index (χ4v) is 5.51. The number of methoxy groups -OCH3 is 2. The minimum Gasteiger partial charge on any atom is -0.467 e. The summed E-state index contributed by atoms with van der Waals surface area (Å²) >= 11 is 0. The Hall–Kier alpha value is -0.940. The van der Waals surface area contributed by atoms with E-state index in [0.29, 0.717) is 24.0 Å². The maximum Gasteiger partial charge on any atom is 0.337 e. The summed E-state index contributed by atoms with van der Waals surface area (Å²) in [6.07, 6.45) is 7.74. The van der Waals surface area contributed by atoms with Gasteiger partial charge in [0.15, 0.2) is 5.60 Å². The van der Waals surface area contributed by atoms with Crippen LogP contribution in [0.1, 0.15) is 72.1 Å². The van der Waals surface area contributed by atoms with Crippen molar-refractivity contribution in [1.82, 2.24) is 0 Å². The lowest BCUT2D eigenvalue weighted by atomic mass is 9.62. The van der Waals surface area contributed by atoms with E-state index in [0.717, 1.165) is 38.5 Å². The molecule has 0 amide bonds. The Bertz CT molecular complexity index is 505. The number of ether oxygens (including phenoxy) is 3. The number of ketones is 1. The molecule has 0 spiro atoms. The van der Waals surface area contributed by atoms with Crippen molar-refractivity contribution in [3.63, 3.8) is 0 Å². The second-order valence-electron chi connectivity index (χ2n) is 8.70. The van der Waals surface area contributed by atoms with Crippen LogP contribution in [0.25, 0.3) is 0 Å². The number of hydrogen-bond acceptors (Lipinski definition) is 5. The van der Waals surface area contributed by atoms with Gasteiger partial charge in [0.2, 0.25) is 0 Å². The molecule has 0 radical (unpaired) electrons. The number of esters is 1. The van der Waals surface area contributed by atoms with E-state index in [1.165, 1.54) is 13.5 Å². The highest BCUT2D eigenvalue weighted by molar-refractivity contribution is 5.83. The number of fused-ring (bicyclic) bond motifs is 1. The zero-order valence-electron chi connectivity index (χ0n) is 17.1. The third kappa shape index (κ3) is 4.30. The highest BCUT2D eigenvalue weighted by Gasteiger charge is 2.52. The van der Waals surface area contributed by atoms with E-state index in [1.807, 2.05) is 0 Å². The Labute approximate surface area is 158 Å². The van der Waals surface area contributed by atoms with Crippen LogP contribution in [0.4, 0.5) is 0 Å². The molecule has 0 aromatic heterocycles. The van der Waals surface area contributed by atoms with Gasteiger partial charge in [-0.3, -0.25) is 4.79 Å². The molecule has 26 heavy (non-hydrogen) atoms. The molecule has 2 fully saturated rings. The predicted molar refractivity (Wildman–Crippen MR) is 99.6 cm³/mol. The van der Waals surface area contributed by atoms with Gasteiger partial charge in [-0.15, -0.1) is 0 Å². The number of hydrogen-bond donors (Lipinski definition) is 0. The van der Waals surface area contributed by atoms with Gasteiger partial charge in [-0.05, 0) is 62.7 Å². The van der Waals surface area contributed by atoms with E-state index in [9.17, 15) is 9.59 Å². The zero-order valence-corrected chi connectivity index (χ0v) is 17.1. The number of carbonyl (C=O) groups excluding carboxylic acids is 2. The van der Waals surface area contributed by atoms with E-state index in [-0.39, 0.29) is 24.1 Å². The molecule has 0 aliphatic heterocycles. The summed E-state index contributed by atoms with van der Waals surface area (Å²) in [6.45, 7) is 6.49. The smallest absolute Gasteiger partial charge is 0.337 e. The first-order valence-corrected chi connectivity index (χ1v) is 10.0. The molecule has 1 unspecified atom stereocenters. The normalized spacial score (nSPS) is 32.0. The van der Waals surface area contributed by atoms with Crippen molar-refractivity contribution in [2.24, 2.45) is 23.2 Å². The van der Waals surface area contributed by atoms with Gasteiger partial charge in [-0.1, -0.05) is 20.3 Å². The maximum atomic E-state index is 12.3. The van der Waals surface area contributed by atoms with Crippen LogP contribution in [0.5, 0.6) is 0 Å². The molecule has 0 aromatic carbocycles. The van der Waals surface area contributed by atoms with E-state index >= 15 is 0 Å². The van der Waals surface area contributed by atoms with Crippen molar-refractivity contribution in [2.45, 2.75) is 77.7 Å². The second-order valence-corrected chi connectivity index (χ2v) is 8.70. The van der Waals surface area contributed by atoms with Crippen molar-refractivity contribution in [1.29, 1.82) is 0 Å². The highest BCUT2D eigenvalue weighted by Crippen LogP contribution is 2.57. The molecule has 5 atom stereocenters. The Morgan fingerprint density at radius 2 is 2.08 bits per heavy atom. The first-order valence-electron chi connectivity index (χ1n) is 10.0. The molecular formula is C21H36O5. The van der Waals surface area contributed by atoms with Gasteiger partial charge in [0, 0.05) is 19.4 Å². The lowest BCUT2D eigenvalue weighted by Gasteiger charge is -2.42. The van der Waals surface area contributed by atoms with Crippen LogP contribution in [-0.2, 0) is 23.8 Å². The quantitative estimate of drug-likeness (QED) is 0.452. The second kappa shape index (κ2) is 8.83. The Morgan fingerprint density at radius 3 is 2.73 bits per heavy atom. The maximum absolute atomic E-state index is 12.3. The minimum atomic E-state index is -0.965. The van der Waals surface area contributed by atoms with Gasteiger partial charge in [0.05, 0.1) is 7.11 Å². The summed E-state index contributed by atoms with van der Waals surface area (Å²) in [5, 5.41) is 0. The molecule has 0 aromatic rings. The molecule has 5 heteroatoms. The van der Waals surface area contributed by atoms with Crippen LogP contribution in [-0.4, -0.2) is 38.4 Å². The van der Waals surface area contributed by atoms with Gasteiger partial charge < -0.3 is 14.2 Å². The molecule has 0 bridgehead atoms. The Morgan fingerprint density at radius 1 is 1.35 bits per heavy atom. The third-order valence-electron chi connectivity index (χ3n) is 7.05. The first-order chi connectivity index (χ1) is 12.3. The molecule has 0 heterocycles. The fraction of sp³-hybridized carbons (Fsp3) is 0.905. The SMILES string of the molecule is COCO[C@](C)(CCC[C@@H](C)[C@H]1CCC2C(=O)CCC[C@@]21C)C(=O)OC. The number of rotatable bonds is 9. The summed E-state index contributed by atoms with van der Waals surface area (Å²) in [6, 6.07) is 0. The summed E-state index contributed by atoms with van der Waals surface area (Å²) in [4.78, 5) is 24.4. The summed E-state index contributed by atoms with van der Waals surface area (Å²) in [5.74, 6) is 1.54. The van der Waals surface area contributed by atoms with Gasteiger partial charge in [0.1, 0.15) is 12.6 Å². The Balaban J connectivity index is 1.92. The van der Waals surface area contributed by atoms with Crippen LogP contribution in [0.15, 0.2) is 0 Å². The van der Waals surface area contributed by atoms with Crippen LogP contribution >= 0.6 is 0 Å². The molecule has 2 saturated carbocycles. The van der Waals surface area contributed by atoms with Crippen molar-refractivity contribution >= 4 is 11.8 Å². The standard InChI is InChI=1S/C21H36O5/c1-15(8-6-13-21(3,19(23)25-5)26-14-24-4)16-10-11-17-18(22)9-7-12-20(16,17)2/h15-17H,6-14H2,1-5H3/t15-,16-,17?,20-,21-/m1/s1. The topological polar surface area (TPSA) is 61.8 Å². The summed E-state index contributed by atoms with van der Waals surface area (Å²) in [7, 11) is 2.93. The number of Topliss-reactive ketones (excluding diaryl/α,β-unsaturated/α-hetero) is 1. The van der Waals surface area contributed by atoms with Gasteiger partial charge in [0.25, 0.3) is 0 Å². The van der Waals surface area contributed by atoms with Crippen LogP contribution < -0.4 is 0 Å².